The lowest BCUT2D eigenvalue weighted by atomic mass is 9.94. The smallest absolute Gasteiger partial charge is 0.263 e. The van der Waals surface area contributed by atoms with Gasteiger partial charge in [-0.2, -0.15) is 0 Å². The van der Waals surface area contributed by atoms with Crippen LogP contribution in [0.2, 0.25) is 0 Å². The van der Waals surface area contributed by atoms with E-state index in [1.807, 2.05) is 27.3 Å². The first-order valence-electron chi connectivity index (χ1n) is 10.0. The van der Waals surface area contributed by atoms with Crippen LogP contribution >= 0.6 is 11.3 Å². The molecule has 1 aliphatic carbocycles. The number of piperidine rings is 2. The predicted octanol–water partition coefficient (Wildman–Crippen LogP) is 2.12. The summed E-state index contributed by atoms with van der Waals surface area (Å²) >= 11 is 1.45. The fourth-order valence-corrected chi connectivity index (χ4v) is 4.78. The second kappa shape index (κ2) is 8.00. The summed E-state index contributed by atoms with van der Waals surface area (Å²) in [5.74, 6) is 0.545. The van der Waals surface area contributed by atoms with Crippen LogP contribution in [0.15, 0.2) is 17.5 Å². The Kier molecular flexibility index (Phi) is 5.48. The van der Waals surface area contributed by atoms with E-state index >= 15 is 0 Å². The maximum absolute atomic E-state index is 13.0. The van der Waals surface area contributed by atoms with Crippen LogP contribution in [-0.2, 0) is 9.59 Å². The molecular weight excluding hydrogens is 362 g/mol. The molecule has 1 aromatic heterocycles. The molecule has 2 aliphatic heterocycles. The topological polar surface area (TPSA) is 69.7 Å². The fraction of sp³-hybridized carbons (Fsp3) is 0.650. The van der Waals surface area contributed by atoms with Crippen molar-refractivity contribution < 1.29 is 14.4 Å². The van der Waals surface area contributed by atoms with Crippen molar-refractivity contribution in [3.8, 4) is 0 Å². The molecule has 1 aromatic rings. The van der Waals surface area contributed by atoms with Crippen molar-refractivity contribution in [2.75, 3.05) is 26.2 Å². The number of nitrogens with zero attached hydrogens (tertiary/aromatic N) is 2. The number of likely N-dealkylation sites (tertiary alicyclic amines) is 2. The first-order chi connectivity index (χ1) is 13.1. The summed E-state index contributed by atoms with van der Waals surface area (Å²) in [5, 5.41) is 5.04. The summed E-state index contributed by atoms with van der Waals surface area (Å²) in [6, 6.07) is 3.93. The van der Waals surface area contributed by atoms with Gasteiger partial charge in [-0.05, 0) is 50.0 Å². The first-order valence-corrected chi connectivity index (χ1v) is 10.9. The van der Waals surface area contributed by atoms with Gasteiger partial charge in [-0.15, -0.1) is 11.3 Å². The van der Waals surface area contributed by atoms with Gasteiger partial charge >= 0.3 is 0 Å². The van der Waals surface area contributed by atoms with Crippen molar-refractivity contribution in [1.82, 2.24) is 15.1 Å². The van der Waals surface area contributed by atoms with E-state index in [4.69, 9.17) is 0 Å². The van der Waals surface area contributed by atoms with Gasteiger partial charge in [0.1, 0.15) is 0 Å². The Hall–Kier alpha value is -1.89. The van der Waals surface area contributed by atoms with Gasteiger partial charge in [-0.3, -0.25) is 14.4 Å². The van der Waals surface area contributed by atoms with Crippen molar-refractivity contribution in [3.05, 3.63) is 22.4 Å². The maximum Gasteiger partial charge on any atom is 0.263 e. The molecule has 2 saturated heterocycles. The minimum Gasteiger partial charge on any atom is -0.353 e. The minimum atomic E-state index is -0.0970. The third-order valence-corrected chi connectivity index (χ3v) is 6.75. The highest BCUT2D eigenvalue weighted by Gasteiger charge is 2.35. The van der Waals surface area contributed by atoms with Crippen molar-refractivity contribution in [1.29, 1.82) is 0 Å². The number of hydrogen-bond acceptors (Lipinski definition) is 4. The lowest BCUT2D eigenvalue weighted by Gasteiger charge is -2.38. The summed E-state index contributed by atoms with van der Waals surface area (Å²) < 4.78 is 0. The van der Waals surface area contributed by atoms with E-state index in [1.165, 1.54) is 11.3 Å². The van der Waals surface area contributed by atoms with Crippen LogP contribution in [0.5, 0.6) is 0 Å². The minimum absolute atomic E-state index is 0.0454. The van der Waals surface area contributed by atoms with Crippen LogP contribution in [0.25, 0.3) is 0 Å². The molecule has 1 N–H and O–H groups in total. The van der Waals surface area contributed by atoms with Crippen molar-refractivity contribution >= 4 is 29.1 Å². The molecule has 27 heavy (non-hydrogen) atoms. The highest BCUT2D eigenvalue weighted by atomic mass is 32.1. The zero-order valence-electron chi connectivity index (χ0n) is 15.6. The molecule has 1 saturated carbocycles. The Balaban J connectivity index is 1.27. The average molecular weight is 390 g/mol. The van der Waals surface area contributed by atoms with Crippen molar-refractivity contribution in [2.45, 2.75) is 44.6 Å². The molecule has 4 rings (SSSR count). The molecule has 0 bridgehead atoms. The SMILES string of the molecule is O=C(NC1CCN(C(=O)C2CCCN(C(=O)c3cccs3)C2)CC1)C1CC1. The van der Waals surface area contributed by atoms with E-state index in [1.54, 1.807) is 0 Å². The van der Waals surface area contributed by atoms with Gasteiger partial charge in [-0.25, -0.2) is 0 Å². The van der Waals surface area contributed by atoms with Gasteiger partial charge in [0.25, 0.3) is 5.91 Å². The molecular formula is C20H27N3O3S. The van der Waals surface area contributed by atoms with Gasteiger partial charge in [0.15, 0.2) is 0 Å². The second-order valence-electron chi connectivity index (χ2n) is 7.95. The number of nitrogens with one attached hydrogen (secondary N) is 1. The summed E-state index contributed by atoms with van der Waals surface area (Å²) in [6.45, 7) is 2.65. The Bertz CT molecular complexity index is 693. The van der Waals surface area contributed by atoms with E-state index in [0.717, 1.165) is 49.9 Å². The molecule has 3 aliphatic rings. The Morgan fingerprint density at radius 1 is 0.963 bits per heavy atom. The second-order valence-corrected chi connectivity index (χ2v) is 8.90. The van der Waals surface area contributed by atoms with E-state index < -0.39 is 0 Å². The summed E-state index contributed by atoms with van der Waals surface area (Å²) in [6.07, 6.45) is 5.42. The average Bonchev–Trinajstić information content (AvgIpc) is 3.42. The molecule has 6 nitrogen and oxygen atoms in total. The zero-order valence-corrected chi connectivity index (χ0v) is 16.4. The molecule has 146 valence electrons. The van der Waals surface area contributed by atoms with Gasteiger partial charge in [-0.1, -0.05) is 6.07 Å². The molecule has 1 unspecified atom stereocenters. The Morgan fingerprint density at radius 2 is 1.74 bits per heavy atom. The van der Waals surface area contributed by atoms with E-state index in [0.29, 0.717) is 19.6 Å². The highest BCUT2D eigenvalue weighted by Crippen LogP contribution is 2.29. The number of carbonyl (C=O) groups excluding carboxylic acids is 3. The lowest BCUT2D eigenvalue weighted by Crippen LogP contribution is -2.51. The van der Waals surface area contributed by atoms with Crippen LogP contribution in [0.3, 0.4) is 0 Å². The highest BCUT2D eigenvalue weighted by molar-refractivity contribution is 7.12. The van der Waals surface area contributed by atoms with Gasteiger partial charge in [0.2, 0.25) is 11.8 Å². The standard InChI is InChI=1S/C20H27N3O3S/c24-18(14-5-6-14)21-16-7-10-22(11-8-16)19(25)15-3-1-9-23(13-15)20(26)17-4-2-12-27-17/h2,4,12,14-16H,1,3,5-11,13H2,(H,21,24). The first kappa shape index (κ1) is 18.5. The van der Waals surface area contributed by atoms with Crippen molar-refractivity contribution in [2.24, 2.45) is 11.8 Å². The van der Waals surface area contributed by atoms with Gasteiger partial charge < -0.3 is 15.1 Å². The number of carbonyl (C=O) groups is 3. The van der Waals surface area contributed by atoms with E-state index in [-0.39, 0.29) is 35.6 Å². The van der Waals surface area contributed by atoms with E-state index in [9.17, 15) is 14.4 Å². The zero-order chi connectivity index (χ0) is 18.8. The maximum atomic E-state index is 13.0. The predicted molar refractivity (Wildman–Crippen MR) is 103 cm³/mol. The monoisotopic (exact) mass is 389 g/mol. The number of hydrogen-bond donors (Lipinski definition) is 1. The molecule has 0 aromatic carbocycles. The Labute approximate surface area is 163 Å². The fourth-order valence-electron chi connectivity index (χ4n) is 4.09. The normalized spacial score (nSPS) is 23.9. The Morgan fingerprint density at radius 3 is 2.41 bits per heavy atom. The van der Waals surface area contributed by atoms with Crippen LogP contribution in [0.4, 0.5) is 0 Å². The summed E-state index contributed by atoms with van der Waals surface area (Å²) in [5.41, 5.74) is 0. The molecule has 7 heteroatoms. The molecule has 3 amide bonds. The largest absolute Gasteiger partial charge is 0.353 e. The number of rotatable bonds is 4. The van der Waals surface area contributed by atoms with Crippen LogP contribution in [0, 0.1) is 11.8 Å². The third kappa shape index (κ3) is 4.34. The molecule has 3 fully saturated rings. The molecule has 0 spiro atoms. The number of amides is 3. The summed E-state index contributed by atoms with van der Waals surface area (Å²) in [4.78, 5) is 42.0. The van der Waals surface area contributed by atoms with Gasteiger partial charge in [0, 0.05) is 38.1 Å². The number of thiophene rings is 1. The summed E-state index contributed by atoms with van der Waals surface area (Å²) in [7, 11) is 0. The lowest BCUT2D eigenvalue weighted by molar-refractivity contribution is -0.138. The molecule has 3 heterocycles. The quantitative estimate of drug-likeness (QED) is 0.858. The van der Waals surface area contributed by atoms with Gasteiger partial charge in [0.05, 0.1) is 10.8 Å². The van der Waals surface area contributed by atoms with Crippen LogP contribution in [-0.4, -0.2) is 59.7 Å². The van der Waals surface area contributed by atoms with E-state index in [2.05, 4.69) is 5.32 Å². The third-order valence-electron chi connectivity index (χ3n) is 5.89. The van der Waals surface area contributed by atoms with Crippen LogP contribution in [0.1, 0.15) is 48.2 Å². The molecule has 1 atom stereocenters. The molecule has 0 radical (unpaired) electrons. The van der Waals surface area contributed by atoms with Crippen molar-refractivity contribution in [3.63, 3.8) is 0 Å². The van der Waals surface area contributed by atoms with Crippen LogP contribution < -0.4 is 5.32 Å².